The zero-order valence-electron chi connectivity index (χ0n) is 16.3. The minimum Gasteiger partial charge on any atom is -0.481 e. The maximum absolute atomic E-state index is 5.16. The van der Waals surface area contributed by atoms with Crippen molar-refractivity contribution in [3.05, 3.63) is 72.2 Å². The lowest BCUT2D eigenvalue weighted by atomic mass is 10.1. The highest BCUT2D eigenvalue weighted by atomic mass is 16.5. The van der Waals surface area contributed by atoms with Gasteiger partial charge in [0.25, 0.3) is 0 Å². The summed E-state index contributed by atoms with van der Waals surface area (Å²) in [6, 6.07) is 16.0. The average molecular weight is 378 g/mol. The van der Waals surface area contributed by atoms with Gasteiger partial charge in [0.1, 0.15) is 0 Å². The van der Waals surface area contributed by atoms with E-state index in [9.17, 15) is 0 Å². The molecule has 2 aromatic heterocycles. The molecule has 0 aliphatic carbocycles. The summed E-state index contributed by atoms with van der Waals surface area (Å²) in [5.41, 5.74) is 3.18. The van der Waals surface area contributed by atoms with Crippen LogP contribution in [0, 0.1) is 0 Å². The van der Waals surface area contributed by atoms with E-state index in [4.69, 9.17) is 4.74 Å². The van der Waals surface area contributed by atoms with Gasteiger partial charge in [0.15, 0.2) is 5.96 Å². The van der Waals surface area contributed by atoms with E-state index in [2.05, 4.69) is 56.9 Å². The fourth-order valence-corrected chi connectivity index (χ4v) is 2.72. The molecule has 28 heavy (non-hydrogen) atoms. The molecule has 0 atom stereocenters. The number of aromatic nitrogens is 3. The van der Waals surface area contributed by atoms with Gasteiger partial charge in [-0.15, -0.1) is 0 Å². The molecule has 2 N–H and O–H groups in total. The van der Waals surface area contributed by atoms with Crippen LogP contribution in [0.5, 0.6) is 5.88 Å². The predicted molar refractivity (Wildman–Crippen MR) is 111 cm³/mol. The third-order valence-corrected chi connectivity index (χ3v) is 4.15. The Labute approximate surface area is 165 Å². The number of nitrogens with one attached hydrogen (secondary N) is 2. The lowest BCUT2D eigenvalue weighted by molar-refractivity contribution is 0.396. The van der Waals surface area contributed by atoms with E-state index in [-0.39, 0.29) is 0 Å². The number of guanidine groups is 1. The molecule has 0 unspecified atom stereocenters. The molecule has 0 bridgehead atoms. The van der Waals surface area contributed by atoms with Crippen LogP contribution in [0.3, 0.4) is 0 Å². The Bertz CT molecular complexity index is 874. The smallest absolute Gasteiger partial charge is 0.213 e. The van der Waals surface area contributed by atoms with Gasteiger partial charge >= 0.3 is 0 Å². The Balaban J connectivity index is 1.52. The van der Waals surface area contributed by atoms with Crippen LogP contribution in [0.25, 0.3) is 5.69 Å². The number of hydrogen-bond acceptors (Lipinski definition) is 4. The van der Waals surface area contributed by atoms with Crippen LogP contribution in [0.2, 0.25) is 0 Å². The highest BCUT2D eigenvalue weighted by Crippen LogP contribution is 2.09. The molecule has 3 aromatic rings. The minimum absolute atomic E-state index is 0.491. The maximum atomic E-state index is 5.16. The fourth-order valence-electron chi connectivity index (χ4n) is 2.72. The highest BCUT2D eigenvalue weighted by Gasteiger charge is 2.01. The molecule has 0 amide bonds. The van der Waals surface area contributed by atoms with Crippen molar-refractivity contribution >= 4 is 5.96 Å². The zero-order valence-corrected chi connectivity index (χ0v) is 16.3. The van der Waals surface area contributed by atoms with Gasteiger partial charge in [0.2, 0.25) is 5.88 Å². The quantitative estimate of drug-likeness (QED) is 0.465. The van der Waals surface area contributed by atoms with Crippen molar-refractivity contribution in [2.75, 3.05) is 20.2 Å². The summed E-state index contributed by atoms with van der Waals surface area (Å²) in [6.07, 6.45) is 4.62. The number of rotatable bonds is 8. The molecular weight excluding hydrogens is 352 g/mol. The summed E-state index contributed by atoms with van der Waals surface area (Å²) in [5, 5.41) is 10.9. The van der Waals surface area contributed by atoms with E-state index in [1.165, 1.54) is 5.56 Å². The van der Waals surface area contributed by atoms with Gasteiger partial charge in [0, 0.05) is 31.5 Å². The average Bonchev–Trinajstić information content (AvgIpc) is 3.27. The Kier molecular flexibility index (Phi) is 7.01. The summed E-state index contributed by atoms with van der Waals surface area (Å²) < 4.78 is 7.01. The van der Waals surface area contributed by atoms with Crippen LogP contribution in [0.1, 0.15) is 18.2 Å². The molecule has 0 aliphatic heterocycles. The number of nitrogens with zero attached hydrogens (tertiary/aromatic N) is 4. The first-order valence-electron chi connectivity index (χ1n) is 9.39. The third kappa shape index (κ3) is 5.57. The molecule has 0 saturated heterocycles. The Morgan fingerprint density at radius 1 is 1.11 bits per heavy atom. The van der Waals surface area contributed by atoms with Gasteiger partial charge in [-0.25, -0.2) is 14.7 Å². The standard InChI is InChI=1S/C21H26N6O/c1-3-22-21(24-16-18-6-4-7-20(26-18)28-2)23-14-12-17-8-10-19(11-9-17)27-15-5-13-25-27/h4-11,13,15H,3,12,14,16H2,1-2H3,(H2,22,23,24). The highest BCUT2D eigenvalue weighted by molar-refractivity contribution is 5.79. The molecule has 7 heteroatoms. The Morgan fingerprint density at radius 3 is 2.68 bits per heavy atom. The number of pyridine rings is 1. The lowest BCUT2D eigenvalue weighted by Crippen LogP contribution is -2.38. The molecule has 146 valence electrons. The van der Waals surface area contributed by atoms with Crippen LogP contribution >= 0.6 is 0 Å². The van der Waals surface area contributed by atoms with Crippen molar-refractivity contribution in [1.82, 2.24) is 25.4 Å². The molecule has 1 aromatic carbocycles. The van der Waals surface area contributed by atoms with Crippen molar-refractivity contribution in [2.45, 2.75) is 19.9 Å². The molecule has 2 heterocycles. The van der Waals surface area contributed by atoms with Crippen molar-refractivity contribution < 1.29 is 4.74 Å². The number of ether oxygens (including phenoxy) is 1. The lowest BCUT2D eigenvalue weighted by Gasteiger charge is -2.11. The monoisotopic (exact) mass is 378 g/mol. The van der Waals surface area contributed by atoms with Gasteiger partial charge in [-0.1, -0.05) is 18.2 Å². The van der Waals surface area contributed by atoms with E-state index >= 15 is 0 Å². The number of aliphatic imine (C=N–C) groups is 1. The normalized spacial score (nSPS) is 11.3. The molecule has 0 spiro atoms. The van der Waals surface area contributed by atoms with Crippen LogP contribution < -0.4 is 15.4 Å². The second-order valence-electron chi connectivity index (χ2n) is 6.16. The van der Waals surface area contributed by atoms with Crippen LogP contribution in [0.15, 0.2) is 65.9 Å². The van der Waals surface area contributed by atoms with Crippen molar-refractivity contribution in [3.63, 3.8) is 0 Å². The number of hydrogen-bond donors (Lipinski definition) is 2. The molecule has 0 saturated carbocycles. The van der Waals surface area contributed by atoms with Crippen molar-refractivity contribution in [3.8, 4) is 11.6 Å². The maximum Gasteiger partial charge on any atom is 0.213 e. The van der Waals surface area contributed by atoms with E-state index < -0.39 is 0 Å². The number of methoxy groups -OCH3 is 1. The number of benzene rings is 1. The van der Waals surface area contributed by atoms with E-state index in [0.29, 0.717) is 12.4 Å². The summed E-state index contributed by atoms with van der Waals surface area (Å²) in [5.74, 6) is 1.38. The SMILES string of the molecule is CCNC(=NCc1cccc(OC)n1)NCCc1ccc(-n2cccn2)cc1. The zero-order chi connectivity index (χ0) is 19.6. The summed E-state index contributed by atoms with van der Waals surface area (Å²) in [6.45, 7) is 4.13. The molecule has 0 aliphatic rings. The van der Waals surface area contributed by atoms with Gasteiger partial charge in [-0.05, 0) is 43.2 Å². The topological polar surface area (TPSA) is 76.4 Å². The first kappa shape index (κ1) is 19.4. The summed E-state index contributed by atoms with van der Waals surface area (Å²) >= 11 is 0. The van der Waals surface area contributed by atoms with Gasteiger partial charge in [-0.2, -0.15) is 5.10 Å². The molecule has 0 radical (unpaired) electrons. The molecule has 7 nitrogen and oxygen atoms in total. The largest absolute Gasteiger partial charge is 0.481 e. The van der Waals surface area contributed by atoms with Crippen LogP contribution in [-0.2, 0) is 13.0 Å². The first-order valence-corrected chi connectivity index (χ1v) is 9.39. The fraction of sp³-hybridized carbons (Fsp3) is 0.286. The van der Waals surface area contributed by atoms with Crippen LogP contribution in [0.4, 0.5) is 0 Å². The van der Waals surface area contributed by atoms with E-state index in [0.717, 1.165) is 36.9 Å². The minimum atomic E-state index is 0.491. The second kappa shape index (κ2) is 10.1. The summed E-state index contributed by atoms with van der Waals surface area (Å²) in [7, 11) is 1.61. The molecular formula is C21H26N6O. The van der Waals surface area contributed by atoms with Crippen molar-refractivity contribution in [1.29, 1.82) is 0 Å². The van der Waals surface area contributed by atoms with E-state index in [1.807, 2.05) is 35.1 Å². The second-order valence-corrected chi connectivity index (χ2v) is 6.16. The predicted octanol–water partition coefficient (Wildman–Crippen LogP) is 2.57. The van der Waals surface area contributed by atoms with Crippen molar-refractivity contribution in [2.24, 2.45) is 4.99 Å². The van der Waals surface area contributed by atoms with E-state index in [1.54, 1.807) is 13.3 Å². The molecule has 3 rings (SSSR count). The van der Waals surface area contributed by atoms with Crippen LogP contribution in [-0.4, -0.2) is 40.9 Å². The van der Waals surface area contributed by atoms with Gasteiger partial charge < -0.3 is 15.4 Å². The molecule has 0 fully saturated rings. The first-order chi connectivity index (χ1) is 13.8. The van der Waals surface area contributed by atoms with Gasteiger partial charge in [-0.3, -0.25) is 0 Å². The Morgan fingerprint density at radius 2 is 1.96 bits per heavy atom. The third-order valence-electron chi connectivity index (χ3n) is 4.15. The summed E-state index contributed by atoms with van der Waals surface area (Å²) in [4.78, 5) is 8.99. The Hall–Kier alpha value is -3.35. The van der Waals surface area contributed by atoms with Gasteiger partial charge in [0.05, 0.1) is 25.0 Å².